The maximum Gasteiger partial charge on any atom is 0.329 e. The van der Waals surface area contributed by atoms with Gasteiger partial charge in [0.25, 0.3) is 5.91 Å². The lowest BCUT2D eigenvalue weighted by atomic mass is 9.98. The molecule has 1 amide bonds. The molecule has 1 aromatic rings. The lowest BCUT2D eigenvalue weighted by Gasteiger charge is -2.24. The van der Waals surface area contributed by atoms with Crippen LogP contribution in [0, 0.1) is 0 Å². The average Bonchev–Trinajstić information content (AvgIpc) is 2.97. The molecular formula is C12H16N2O4. The van der Waals surface area contributed by atoms with Crippen molar-refractivity contribution in [2.45, 2.75) is 37.8 Å². The van der Waals surface area contributed by atoms with Crippen molar-refractivity contribution in [2.24, 2.45) is 5.73 Å². The Bertz CT molecular complexity index is 460. The van der Waals surface area contributed by atoms with E-state index in [1.54, 1.807) is 6.07 Å². The van der Waals surface area contributed by atoms with Crippen LogP contribution in [0.1, 0.15) is 42.0 Å². The fraction of sp³-hybridized carbons (Fsp3) is 0.500. The van der Waals surface area contributed by atoms with Crippen molar-refractivity contribution in [1.29, 1.82) is 0 Å². The van der Waals surface area contributed by atoms with E-state index in [2.05, 4.69) is 5.32 Å². The van der Waals surface area contributed by atoms with Crippen LogP contribution in [0.15, 0.2) is 16.5 Å². The monoisotopic (exact) mass is 252 g/mol. The summed E-state index contributed by atoms with van der Waals surface area (Å²) >= 11 is 0. The van der Waals surface area contributed by atoms with Gasteiger partial charge in [-0.25, -0.2) is 4.79 Å². The van der Waals surface area contributed by atoms with Gasteiger partial charge in [0.05, 0.1) is 6.54 Å². The summed E-state index contributed by atoms with van der Waals surface area (Å²) in [5, 5.41) is 11.8. The number of furan rings is 1. The second kappa shape index (κ2) is 4.81. The van der Waals surface area contributed by atoms with Crippen molar-refractivity contribution in [3.8, 4) is 0 Å². The molecular weight excluding hydrogens is 236 g/mol. The first-order chi connectivity index (χ1) is 8.57. The molecule has 4 N–H and O–H groups in total. The van der Waals surface area contributed by atoms with E-state index in [1.807, 2.05) is 0 Å². The van der Waals surface area contributed by atoms with Crippen LogP contribution in [-0.4, -0.2) is 22.5 Å². The quantitative estimate of drug-likeness (QED) is 0.737. The van der Waals surface area contributed by atoms with Crippen LogP contribution < -0.4 is 11.1 Å². The lowest BCUT2D eigenvalue weighted by molar-refractivity contribution is -0.144. The number of nitrogens with one attached hydrogen (secondary N) is 1. The first-order valence-electron chi connectivity index (χ1n) is 5.92. The van der Waals surface area contributed by atoms with Crippen LogP contribution in [-0.2, 0) is 11.3 Å². The van der Waals surface area contributed by atoms with Crippen molar-refractivity contribution < 1.29 is 19.1 Å². The zero-order valence-electron chi connectivity index (χ0n) is 9.94. The van der Waals surface area contributed by atoms with Gasteiger partial charge in [0.1, 0.15) is 11.3 Å². The molecule has 0 aliphatic heterocycles. The molecule has 98 valence electrons. The molecule has 1 aliphatic carbocycles. The summed E-state index contributed by atoms with van der Waals surface area (Å²) in [6, 6.07) is 3.11. The Morgan fingerprint density at radius 1 is 1.39 bits per heavy atom. The van der Waals surface area contributed by atoms with E-state index in [9.17, 15) is 14.7 Å². The van der Waals surface area contributed by atoms with Gasteiger partial charge >= 0.3 is 5.97 Å². The van der Waals surface area contributed by atoms with Gasteiger partial charge in [0.2, 0.25) is 0 Å². The third-order valence-corrected chi connectivity index (χ3v) is 3.31. The number of hydrogen-bond donors (Lipinski definition) is 3. The fourth-order valence-corrected chi connectivity index (χ4v) is 2.26. The van der Waals surface area contributed by atoms with E-state index in [0.29, 0.717) is 18.6 Å². The molecule has 2 rings (SSSR count). The Hall–Kier alpha value is -1.82. The van der Waals surface area contributed by atoms with E-state index in [1.165, 1.54) is 6.07 Å². The van der Waals surface area contributed by atoms with E-state index in [-0.39, 0.29) is 12.3 Å². The predicted molar refractivity (Wildman–Crippen MR) is 62.9 cm³/mol. The second-order valence-corrected chi connectivity index (χ2v) is 4.52. The molecule has 1 heterocycles. The van der Waals surface area contributed by atoms with Gasteiger partial charge < -0.3 is 20.6 Å². The normalized spacial score (nSPS) is 17.6. The number of carbonyl (C=O) groups excluding carboxylic acids is 1. The maximum atomic E-state index is 11.9. The number of carboxylic acids is 1. The second-order valence-electron chi connectivity index (χ2n) is 4.52. The minimum atomic E-state index is -1.15. The molecule has 0 radical (unpaired) electrons. The third kappa shape index (κ3) is 2.24. The predicted octanol–water partition coefficient (Wildman–Crippen LogP) is 0.865. The van der Waals surface area contributed by atoms with Crippen LogP contribution >= 0.6 is 0 Å². The molecule has 0 saturated heterocycles. The molecule has 18 heavy (non-hydrogen) atoms. The maximum absolute atomic E-state index is 11.9. The summed E-state index contributed by atoms with van der Waals surface area (Å²) in [4.78, 5) is 23.2. The molecule has 0 atom stereocenters. The summed E-state index contributed by atoms with van der Waals surface area (Å²) < 4.78 is 5.20. The van der Waals surface area contributed by atoms with Crippen LogP contribution in [0.5, 0.6) is 0 Å². The van der Waals surface area contributed by atoms with Gasteiger partial charge in [0.15, 0.2) is 5.76 Å². The summed E-state index contributed by atoms with van der Waals surface area (Å²) in [5.41, 5.74) is 4.24. The highest BCUT2D eigenvalue weighted by Gasteiger charge is 2.43. The number of nitrogens with two attached hydrogens (primary N) is 1. The number of aliphatic carboxylic acids is 1. The van der Waals surface area contributed by atoms with Crippen LogP contribution in [0.2, 0.25) is 0 Å². The van der Waals surface area contributed by atoms with Crippen LogP contribution in [0.4, 0.5) is 0 Å². The summed E-state index contributed by atoms with van der Waals surface area (Å²) in [7, 11) is 0. The van der Waals surface area contributed by atoms with Crippen LogP contribution in [0.25, 0.3) is 0 Å². The molecule has 0 spiro atoms. The van der Waals surface area contributed by atoms with E-state index in [4.69, 9.17) is 10.2 Å². The average molecular weight is 252 g/mol. The first-order valence-corrected chi connectivity index (χ1v) is 5.92. The SMILES string of the molecule is NCc1ccc(C(=O)NC2(C(=O)O)CCCC2)o1. The number of hydrogen-bond acceptors (Lipinski definition) is 4. The molecule has 1 aromatic heterocycles. The van der Waals surface area contributed by atoms with E-state index < -0.39 is 17.4 Å². The third-order valence-electron chi connectivity index (χ3n) is 3.31. The zero-order valence-corrected chi connectivity index (χ0v) is 9.94. The van der Waals surface area contributed by atoms with E-state index >= 15 is 0 Å². The first kappa shape index (κ1) is 12.6. The zero-order chi connectivity index (χ0) is 13.2. The smallest absolute Gasteiger partial charge is 0.329 e. The highest BCUT2D eigenvalue weighted by atomic mass is 16.4. The standard InChI is InChI=1S/C12H16N2O4/c13-7-8-3-4-9(18-8)10(15)14-12(11(16)17)5-1-2-6-12/h3-4H,1-2,5-7,13H2,(H,14,15)(H,16,17). The Balaban J connectivity index is 2.12. The van der Waals surface area contributed by atoms with Gasteiger partial charge in [-0.15, -0.1) is 0 Å². The summed E-state index contributed by atoms with van der Waals surface area (Å²) in [6.45, 7) is 0.206. The van der Waals surface area contributed by atoms with Crippen LogP contribution in [0.3, 0.4) is 0 Å². The van der Waals surface area contributed by atoms with Crippen molar-refractivity contribution in [3.63, 3.8) is 0 Å². The molecule has 0 unspecified atom stereocenters. The summed E-state index contributed by atoms with van der Waals surface area (Å²) in [6.07, 6.45) is 2.52. The number of amides is 1. The topological polar surface area (TPSA) is 106 Å². The Morgan fingerprint density at radius 3 is 2.56 bits per heavy atom. The Kier molecular flexibility index (Phi) is 3.38. The minimum Gasteiger partial charge on any atom is -0.480 e. The van der Waals surface area contributed by atoms with Crippen molar-refractivity contribution in [2.75, 3.05) is 0 Å². The van der Waals surface area contributed by atoms with Crippen molar-refractivity contribution >= 4 is 11.9 Å². The minimum absolute atomic E-state index is 0.1000. The summed E-state index contributed by atoms with van der Waals surface area (Å²) in [5.74, 6) is -0.892. The van der Waals surface area contributed by atoms with E-state index in [0.717, 1.165) is 12.8 Å². The molecule has 1 fully saturated rings. The molecule has 1 aliphatic rings. The highest BCUT2D eigenvalue weighted by Crippen LogP contribution is 2.30. The number of carbonyl (C=O) groups is 2. The van der Waals surface area contributed by atoms with Gasteiger partial charge in [-0.1, -0.05) is 12.8 Å². The number of rotatable bonds is 4. The van der Waals surface area contributed by atoms with Gasteiger partial charge in [-0.3, -0.25) is 4.79 Å². The molecule has 0 aromatic carbocycles. The molecule has 1 saturated carbocycles. The van der Waals surface area contributed by atoms with Crippen molar-refractivity contribution in [3.05, 3.63) is 23.7 Å². The molecule has 6 nitrogen and oxygen atoms in total. The van der Waals surface area contributed by atoms with Crippen molar-refractivity contribution in [1.82, 2.24) is 5.32 Å². The molecule has 6 heteroatoms. The van der Waals surface area contributed by atoms with Gasteiger partial charge in [-0.2, -0.15) is 0 Å². The Labute approximate surface area is 104 Å². The van der Waals surface area contributed by atoms with Gasteiger partial charge in [0, 0.05) is 0 Å². The fourth-order valence-electron chi connectivity index (χ4n) is 2.26. The largest absolute Gasteiger partial charge is 0.480 e. The lowest BCUT2D eigenvalue weighted by Crippen LogP contribution is -2.52. The Morgan fingerprint density at radius 2 is 2.06 bits per heavy atom. The number of carboxylic acid groups (broad SMARTS) is 1. The van der Waals surface area contributed by atoms with Gasteiger partial charge in [-0.05, 0) is 25.0 Å². The molecule has 0 bridgehead atoms. The highest BCUT2D eigenvalue weighted by molar-refractivity contribution is 5.96.